The molecule has 0 saturated carbocycles. The van der Waals surface area contributed by atoms with Crippen molar-refractivity contribution in [3.8, 4) is 0 Å². The summed E-state index contributed by atoms with van der Waals surface area (Å²) in [6, 6.07) is 0. The van der Waals surface area contributed by atoms with Gasteiger partial charge in [-0.3, -0.25) is 9.78 Å². The summed E-state index contributed by atoms with van der Waals surface area (Å²) in [5.74, 6) is 0.473. The Morgan fingerprint density at radius 1 is 1.14 bits per heavy atom. The van der Waals surface area contributed by atoms with Crippen LogP contribution in [0.4, 0.5) is 5.82 Å². The lowest BCUT2D eigenvalue weighted by Crippen LogP contribution is -2.35. The summed E-state index contributed by atoms with van der Waals surface area (Å²) in [4.78, 5) is 22.7. The van der Waals surface area contributed by atoms with Gasteiger partial charge in [-0.2, -0.15) is 0 Å². The molecule has 0 unspecified atom stereocenters. The number of nitrogens with zero attached hydrogens (tertiary/aromatic N) is 3. The fourth-order valence-corrected chi connectivity index (χ4v) is 1.98. The average Bonchev–Trinajstić information content (AvgIpc) is 2.52. The van der Waals surface area contributed by atoms with Gasteiger partial charge < -0.3 is 15.5 Å². The number of anilines is 1. The molecule has 0 radical (unpaired) electrons. The molecule has 0 spiro atoms. The molecule has 0 atom stereocenters. The highest BCUT2D eigenvalue weighted by Crippen LogP contribution is 2.02. The van der Waals surface area contributed by atoms with E-state index in [1.54, 1.807) is 6.20 Å². The van der Waals surface area contributed by atoms with E-state index < -0.39 is 0 Å². The van der Waals surface area contributed by atoms with Crippen molar-refractivity contribution in [3.05, 3.63) is 18.1 Å². The van der Waals surface area contributed by atoms with Crippen molar-refractivity contribution >= 4 is 11.7 Å². The van der Waals surface area contributed by atoms with Gasteiger partial charge in [-0.1, -0.05) is 20.8 Å². The van der Waals surface area contributed by atoms with Crippen molar-refractivity contribution in [3.63, 3.8) is 0 Å². The molecule has 1 aromatic rings. The molecular formula is C15H27N5O. The zero-order chi connectivity index (χ0) is 15.5. The lowest BCUT2D eigenvalue weighted by atomic mass is 10.3. The predicted molar refractivity (Wildman–Crippen MR) is 85.6 cm³/mol. The van der Waals surface area contributed by atoms with E-state index >= 15 is 0 Å². The van der Waals surface area contributed by atoms with Crippen molar-refractivity contribution in [1.29, 1.82) is 0 Å². The number of carbonyl (C=O) groups is 1. The van der Waals surface area contributed by atoms with Gasteiger partial charge in [-0.15, -0.1) is 0 Å². The molecule has 6 nitrogen and oxygen atoms in total. The van der Waals surface area contributed by atoms with Crippen LogP contribution in [-0.4, -0.2) is 53.5 Å². The van der Waals surface area contributed by atoms with E-state index in [2.05, 4.69) is 46.3 Å². The standard InChI is InChI=1S/C15H27N5O/c1-4-7-17-14-12-16-11-13(19-14)15(21)18-8-10-20(6-3)9-5-2/h11-12H,4-10H2,1-3H3,(H,17,19)(H,18,21). The van der Waals surface area contributed by atoms with Gasteiger partial charge in [-0.05, 0) is 25.9 Å². The highest BCUT2D eigenvalue weighted by molar-refractivity contribution is 5.92. The third-order valence-electron chi connectivity index (χ3n) is 3.12. The van der Waals surface area contributed by atoms with Crippen molar-refractivity contribution in [2.24, 2.45) is 0 Å². The molecule has 1 heterocycles. The maximum Gasteiger partial charge on any atom is 0.271 e. The maximum absolute atomic E-state index is 12.0. The van der Waals surface area contributed by atoms with Crippen LogP contribution in [0.25, 0.3) is 0 Å². The van der Waals surface area contributed by atoms with E-state index in [-0.39, 0.29) is 5.91 Å². The molecule has 1 amide bonds. The van der Waals surface area contributed by atoms with Crippen molar-refractivity contribution < 1.29 is 4.79 Å². The number of aromatic nitrogens is 2. The molecule has 0 aliphatic rings. The molecule has 0 bridgehead atoms. The summed E-state index contributed by atoms with van der Waals surface area (Å²) in [5.41, 5.74) is 0.356. The number of likely N-dealkylation sites (N-methyl/N-ethyl adjacent to an activating group) is 1. The van der Waals surface area contributed by atoms with E-state index in [1.165, 1.54) is 6.20 Å². The summed E-state index contributed by atoms with van der Waals surface area (Å²) in [7, 11) is 0. The Kier molecular flexibility index (Phi) is 8.35. The quantitative estimate of drug-likeness (QED) is 0.688. The maximum atomic E-state index is 12.0. The lowest BCUT2D eigenvalue weighted by molar-refractivity contribution is 0.0943. The summed E-state index contributed by atoms with van der Waals surface area (Å²) in [5, 5.41) is 6.02. The van der Waals surface area contributed by atoms with Crippen LogP contribution >= 0.6 is 0 Å². The zero-order valence-corrected chi connectivity index (χ0v) is 13.4. The number of carbonyl (C=O) groups excluding carboxylic acids is 1. The molecule has 0 aliphatic carbocycles. The fraction of sp³-hybridized carbons (Fsp3) is 0.667. The first-order valence-corrected chi connectivity index (χ1v) is 7.77. The number of hydrogen-bond acceptors (Lipinski definition) is 5. The minimum absolute atomic E-state index is 0.171. The molecule has 0 aliphatic heterocycles. The van der Waals surface area contributed by atoms with Gasteiger partial charge >= 0.3 is 0 Å². The van der Waals surface area contributed by atoms with Gasteiger partial charge in [0.1, 0.15) is 11.5 Å². The van der Waals surface area contributed by atoms with Crippen LogP contribution in [0.5, 0.6) is 0 Å². The SMILES string of the molecule is CCCNc1cncc(C(=O)NCCN(CC)CCC)n1. The monoisotopic (exact) mass is 293 g/mol. The molecule has 6 heteroatoms. The van der Waals surface area contributed by atoms with Crippen LogP contribution in [0.15, 0.2) is 12.4 Å². The molecule has 118 valence electrons. The molecule has 0 saturated heterocycles. The number of rotatable bonds is 10. The van der Waals surface area contributed by atoms with Gasteiger partial charge in [0.25, 0.3) is 5.91 Å². The third-order valence-corrected chi connectivity index (χ3v) is 3.12. The number of amides is 1. The molecule has 0 fully saturated rings. The van der Waals surface area contributed by atoms with Gasteiger partial charge in [0.2, 0.25) is 0 Å². The van der Waals surface area contributed by atoms with E-state index in [1.807, 2.05) is 0 Å². The second-order valence-electron chi connectivity index (χ2n) is 4.91. The highest BCUT2D eigenvalue weighted by Gasteiger charge is 2.09. The minimum atomic E-state index is -0.171. The van der Waals surface area contributed by atoms with E-state index in [0.29, 0.717) is 18.1 Å². The Labute approximate surface area is 127 Å². The Morgan fingerprint density at radius 2 is 1.95 bits per heavy atom. The third kappa shape index (κ3) is 6.53. The molecule has 1 rings (SSSR count). The zero-order valence-electron chi connectivity index (χ0n) is 13.4. The first kappa shape index (κ1) is 17.4. The van der Waals surface area contributed by atoms with Crippen LogP contribution in [-0.2, 0) is 0 Å². The first-order chi connectivity index (χ1) is 10.2. The Balaban J connectivity index is 2.44. The number of hydrogen-bond donors (Lipinski definition) is 2. The van der Waals surface area contributed by atoms with E-state index in [4.69, 9.17) is 0 Å². The summed E-state index contributed by atoms with van der Waals surface area (Å²) in [6.07, 6.45) is 5.25. The lowest BCUT2D eigenvalue weighted by Gasteiger charge is -2.19. The first-order valence-electron chi connectivity index (χ1n) is 7.77. The minimum Gasteiger partial charge on any atom is -0.369 e. The van der Waals surface area contributed by atoms with Gasteiger partial charge in [0, 0.05) is 19.6 Å². The Hall–Kier alpha value is -1.69. The van der Waals surface area contributed by atoms with Crippen LogP contribution in [0.1, 0.15) is 44.1 Å². The second kappa shape index (κ2) is 10.1. The van der Waals surface area contributed by atoms with Crippen molar-refractivity contribution in [2.45, 2.75) is 33.6 Å². The average molecular weight is 293 g/mol. The summed E-state index contributed by atoms with van der Waals surface area (Å²) in [6.45, 7) is 10.7. The Bertz CT molecular complexity index is 424. The van der Waals surface area contributed by atoms with Gasteiger partial charge in [0.15, 0.2) is 0 Å². The highest BCUT2D eigenvalue weighted by atomic mass is 16.1. The van der Waals surface area contributed by atoms with Crippen LogP contribution in [0.3, 0.4) is 0 Å². The summed E-state index contributed by atoms with van der Waals surface area (Å²) < 4.78 is 0. The molecule has 0 aromatic carbocycles. The molecule has 2 N–H and O–H groups in total. The number of nitrogens with one attached hydrogen (secondary N) is 2. The topological polar surface area (TPSA) is 70.2 Å². The smallest absolute Gasteiger partial charge is 0.271 e. The van der Waals surface area contributed by atoms with Crippen LogP contribution < -0.4 is 10.6 Å². The Morgan fingerprint density at radius 3 is 2.62 bits per heavy atom. The van der Waals surface area contributed by atoms with Crippen LogP contribution in [0.2, 0.25) is 0 Å². The fourth-order valence-electron chi connectivity index (χ4n) is 1.98. The van der Waals surface area contributed by atoms with Gasteiger partial charge in [0.05, 0.1) is 12.4 Å². The predicted octanol–water partition coefficient (Wildman–Crippen LogP) is 1.76. The summed E-state index contributed by atoms with van der Waals surface area (Å²) >= 11 is 0. The van der Waals surface area contributed by atoms with E-state index in [0.717, 1.165) is 39.0 Å². The molecule has 21 heavy (non-hydrogen) atoms. The normalized spacial score (nSPS) is 10.7. The van der Waals surface area contributed by atoms with Crippen molar-refractivity contribution in [2.75, 3.05) is 38.0 Å². The van der Waals surface area contributed by atoms with Crippen molar-refractivity contribution in [1.82, 2.24) is 20.2 Å². The second-order valence-corrected chi connectivity index (χ2v) is 4.91. The largest absolute Gasteiger partial charge is 0.369 e. The van der Waals surface area contributed by atoms with E-state index in [9.17, 15) is 4.79 Å². The molecule has 1 aromatic heterocycles. The molecular weight excluding hydrogens is 266 g/mol. The van der Waals surface area contributed by atoms with Gasteiger partial charge in [-0.25, -0.2) is 4.98 Å². The van der Waals surface area contributed by atoms with Crippen LogP contribution in [0, 0.1) is 0 Å².